The monoisotopic (exact) mass is 360 g/mol. The van der Waals surface area contributed by atoms with E-state index in [9.17, 15) is 13.2 Å². The first-order valence-corrected chi connectivity index (χ1v) is 9.52. The van der Waals surface area contributed by atoms with Crippen molar-refractivity contribution >= 4 is 27.6 Å². The van der Waals surface area contributed by atoms with E-state index in [1.165, 1.54) is 31.4 Å². The van der Waals surface area contributed by atoms with Gasteiger partial charge in [0.2, 0.25) is 10.0 Å². The van der Waals surface area contributed by atoms with Crippen molar-refractivity contribution in [2.24, 2.45) is 0 Å². The van der Waals surface area contributed by atoms with Gasteiger partial charge in [-0.05, 0) is 31.0 Å². The van der Waals surface area contributed by atoms with Gasteiger partial charge in [-0.25, -0.2) is 17.9 Å². The number of halogens is 1. The molecule has 1 saturated carbocycles. The largest absolute Gasteiger partial charge is 0.478 e. The maximum Gasteiger partial charge on any atom is 0.335 e. The Morgan fingerprint density at radius 3 is 2.57 bits per heavy atom. The van der Waals surface area contributed by atoms with Crippen LogP contribution < -0.4 is 10.0 Å². The molecule has 0 amide bonds. The summed E-state index contributed by atoms with van der Waals surface area (Å²) < 4.78 is 27.0. The minimum atomic E-state index is -3.84. The summed E-state index contributed by atoms with van der Waals surface area (Å²) in [7, 11) is -3.84. The first kappa shape index (κ1) is 18.2. The van der Waals surface area contributed by atoms with Crippen LogP contribution in [-0.2, 0) is 10.0 Å². The van der Waals surface area contributed by atoms with Crippen molar-refractivity contribution in [3.8, 4) is 0 Å². The summed E-state index contributed by atoms with van der Waals surface area (Å²) in [6, 6.07) is 4.07. The van der Waals surface area contributed by atoms with Gasteiger partial charge in [-0.2, -0.15) is 0 Å². The molecule has 0 bridgehead atoms. The molecule has 1 aromatic rings. The molecule has 3 N–H and O–H groups in total. The molecule has 0 heterocycles. The highest BCUT2D eigenvalue weighted by Gasteiger charge is 2.20. The summed E-state index contributed by atoms with van der Waals surface area (Å²) in [6.45, 7) is 0.757. The molecule has 23 heavy (non-hydrogen) atoms. The molecule has 2 rings (SSSR count). The lowest BCUT2D eigenvalue weighted by molar-refractivity contribution is 0.0696. The van der Waals surface area contributed by atoms with Crippen molar-refractivity contribution in [2.45, 2.75) is 43.0 Å². The Morgan fingerprint density at radius 1 is 1.22 bits per heavy atom. The molecule has 0 aromatic heterocycles. The zero-order valence-electron chi connectivity index (χ0n) is 12.7. The normalized spacial score (nSPS) is 16.4. The van der Waals surface area contributed by atoms with E-state index in [1.54, 1.807) is 0 Å². The Morgan fingerprint density at radius 2 is 1.91 bits per heavy atom. The Kier molecular flexibility index (Phi) is 6.41. The first-order chi connectivity index (χ1) is 10.9. The molecule has 1 aromatic carbocycles. The summed E-state index contributed by atoms with van der Waals surface area (Å²) in [4.78, 5) is 10.7. The topological polar surface area (TPSA) is 95.5 Å². The van der Waals surface area contributed by atoms with Crippen molar-refractivity contribution in [1.29, 1.82) is 0 Å². The summed E-state index contributed by atoms with van der Waals surface area (Å²) in [6.07, 6.45) is 5.93. The number of sulfonamides is 1. The van der Waals surface area contributed by atoms with E-state index >= 15 is 0 Å². The van der Waals surface area contributed by atoms with Crippen LogP contribution in [0.1, 0.15) is 42.5 Å². The van der Waals surface area contributed by atoms with Gasteiger partial charge in [0.05, 0.1) is 10.6 Å². The van der Waals surface area contributed by atoms with Crippen molar-refractivity contribution < 1.29 is 18.3 Å². The predicted molar refractivity (Wildman–Crippen MR) is 88.5 cm³/mol. The van der Waals surface area contributed by atoms with Gasteiger partial charge in [-0.3, -0.25) is 0 Å². The molecule has 1 aliphatic rings. The van der Waals surface area contributed by atoms with Crippen LogP contribution in [0.15, 0.2) is 23.1 Å². The van der Waals surface area contributed by atoms with E-state index in [2.05, 4.69) is 10.0 Å². The average molecular weight is 361 g/mol. The lowest BCUT2D eigenvalue weighted by Gasteiger charge is -2.22. The third kappa shape index (κ3) is 5.17. The molecule has 128 valence electrons. The fraction of sp³-hybridized carbons (Fsp3) is 0.533. The van der Waals surface area contributed by atoms with Gasteiger partial charge in [0, 0.05) is 19.1 Å². The zero-order valence-corrected chi connectivity index (χ0v) is 14.3. The van der Waals surface area contributed by atoms with Crippen molar-refractivity contribution in [3.63, 3.8) is 0 Å². The number of benzene rings is 1. The third-order valence-corrected chi connectivity index (χ3v) is 5.87. The number of carboxylic acid groups (broad SMARTS) is 1. The van der Waals surface area contributed by atoms with Crippen LogP contribution in [-0.4, -0.2) is 38.6 Å². The average Bonchev–Trinajstić information content (AvgIpc) is 2.52. The SMILES string of the molecule is O=C(O)c1ccc(Cl)c(S(=O)(=O)NCCNC2CCCCC2)c1. The number of aromatic carboxylic acids is 1. The van der Waals surface area contributed by atoms with Crippen LogP contribution in [0, 0.1) is 0 Å². The van der Waals surface area contributed by atoms with E-state index in [0.717, 1.165) is 18.9 Å². The molecule has 1 fully saturated rings. The number of hydrogen-bond acceptors (Lipinski definition) is 4. The van der Waals surface area contributed by atoms with E-state index in [1.807, 2.05) is 0 Å². The minimum absolute atomic E-state index is 0.00254. The molecule has 0 spiro atoms. The molecule has 0 saturated heterocycles. The molecule has 8 heteroatoms. The Hall–Kier alpha value is -1.15. The molecular weight excluding hydrogens is 340 g/mol. The van der Waals surface area contributed by atoms with Gasteiger partial charge in [0.15, 0.2) is 0 Å². The molecule has 0 atom stereocenters. The van der Waals surface area contributed by atoms with Crippen LogP contribution in [0.2, 0.25) is 5.02 Å². The molecule has 0 aliphatic heterocycles. The maximum atomic E-state index is 12.3. The molecule has 6 nitrogen and oxygen atoms in total. The van der Waals surface area contributed by atoms with Gasteiger partial charge >= 0.3 is 5.97 Å². The van der Waals surface area contributed by atoms with Gasteiger partial charge in [0.25, 0.3) is 0 Å². The fourth-order valence-electron chi connectivity index (χ4n) is 2.69. The quantitative estimate of drug-likeness (QED) is 0.648. The smallest absolute Gasteiger partial charge is 0.335 e. The molecular formula is C15H21ClN2O4S. The predicted octanol–water partition coefficient (Wildman–Crippen LogP) is 2.24. The zero-order chi connectivity index (χ0) is 16.9. The number of nitrogens with one attached hydrogen (secondary N) is 2. The Balaban J connectivity index is 1.93. The van der Waals surface area contributed by atoms with Gasteiger partial charge < -0.3 is 10.4 Å². The number of rotatable bonds is 7. The van der Waals surface area contributed by atoms with Crippen LogP contribution in [0.25, 0.3) is 0 Å². The second kappa shape index (κ2) is 8.10. The van der Waals surface area contributed by atoms with E-state index in [-0.39, 0.29) is 22.0 Å². The lowest BCUT2D eigenvalue weighted by Crippen LogP contribution is -2.38. The maximum absolute atomic E-state index is 12.3. The molecule has 0 unspecified atom stereocenters. The van der Waals surface area contributed by atoms with Crippen molar-refractivity contribution in [2.75, 3.05) is 13.1 Å². The van der Waals surface area contributed by atoms with Gasteiger partial charge in [-0.1, -0.05) is 30.9 Å². The fourth-order valence-corrected chi connectivity index (χ4v) is 4.24. The third-order valence-electron chi connectivity index (χ3n) is 3.92. The number of carboxylic acids is 1. The number of hydrogen-bond donors (Lipinski definition) is 3. The summed E-state index contributed by atoms with van der Waals surface area (Å²) in [5.41, 5.74) is -0.116. The highest BCUT2D eigenvalue weighted by Crippen LogP contribution is 2.22. The van der Waals surface area contributed by atoms with E-state index < -0.39 is 16.0 Å². The van der Waals surface area contributed by atoms with Gasteiger partial charge in [-0.15, -0.1) is 0 Å². The van der Waals surface area contributed by atoms with Crippen molar-refractivity contribution in [3.05, 3.63) is 28.8 Å². The van der Waals surface area contributed by atoms with E-state index in [0.29, 0.717) is 12.6 Å². The Bertz CT molecular complexity index is 657. The second-order valence-electron chi connectivity index (χ2n) is 5.64. The van der Waals surface area contributed by atoms with E-state index in [4.69, 9.17) is 16.7 Å². The first-order valence-electron chi connectivity index (χ1n) is 7.66. The van der Waals surface area contributed by atoms with Crippen LogP contribution in [0.3, 0.4) is 0 Å². The van der Waals surface area contributed by atoms with Crippen LogP contribution >= 0.6 is 11.6 Å². The molecule has 0 radical (unpaired) electrons. The highest BCUT2D eigenvalue weighted by atomic mass is 35.5. The Labute approximate surface area is 141 Å². The summed E-state index contributed by atoms with van der Waals surface area (Å²) in [5.74, 6) is -1.20. The van der Waals surface area contributed by atoms with Crippen LogP contribution in [0.4, 0.5) is 0 Å². The summed E-state index contributed by atoms with van der Waals surface area (Å²) >= 11 is 5.89. The minimum Gasteiger partial charge on any atom is -0.478 e. The van der Waals surface area contributed by atoms with Crippen LogP contribution in [0.5, 0.6) is 0 Å². The number of carbonyl (C=O) groups is 1. The summed E-state index contributed by atoms with van der Waals surface area (Å²) in [5, 5.41) is 12.3. The van der Waals surface area contributed by atoms with Crippen molar-refractivity contribution in [1.82, 2.24) is 10.0 Å². The molecule has 1 aliphatic carbocycles. The second-order valence-corrected chi connectivity index (χ2v) is 7.78. The highest BCUT2D eigenvalue weighted by molar-refractivity contribution is 7.89. The standard InChI is InChI=1S/C15H21ClN2O4S/c16-13-7-6-11(15(19)20)10-14(13)23(21,22)18-9-8-17-12-4-2-1-3-5-12/h6-7,10,12,17-18H,1-5,8-9H2,(H,19,20). The van der Waals surface area contributed by atoms with Gasteiger partial charge in [0.1, 0.15) is 4.90 Å². The lowest BCUT2D eigenvalue weighted by atomic mass is 9.96.